The molecule has 0 atom stereocenters. The number of methoxy groups -OCH3 is 2. The highest BCUT2D eigenvalue weighted by Crippen LogP contribution is 2.36. The lowest BCUT2D eigenvalue weighted by atomic mass is 10.1. The van der Waals surface area contributed by atoms with Crippen molar-refractivity contribution < 1.29 is 9.47 Å². The molecule has 0 aliphatic rings. The summed E-state index contributed by atoms with van der Waals surface area (Å²) in [5.74, 6) is 2.09. The maximum Gasteiger partial charge on any atom is 0.165 e. The number of aromatic nitrogens is 3. The first-order valence-corrected chi connectivity index (χ1v) is 9.98. The molecule has 0 bridgehead atoms. The Labute approximate surface area is 184 Å². The van der Waals surface area contributed by atoms with Crippen molar-refractivity contribution >= 4 is 40.4 Å². The quantitative estimate of drug-likeness (QED) is 0.405. The number of nitrogens with zero attached hydrogens (tertiary/aromatic N) is 3. The molecule has 30 heavy (non-hydrogen) atoms. The summed E-state index contributed by atoms with van der Waals surface area (Å²) in [5.41, 5.74) is 5.11. The van der Waals surface area contributed by atoms with Crippen molar-refractivity contribution in [1.29, 1.82) is 0 Å². The molecule has 4 rings (SSSR count). The predicted molar refractivity (Wildman–Crippen MR) is 121 cm³/mol. The molecule has 2 heterocycles. The van der Waals surface area contributed by atoms with Gasteiger partial charge < -0.3 is 14.8 Å². The largest absolute Gasteiger partial charge is 0.493 e. The van der Waals surface area contributed by atoms with Crippen LogP contribution in [0.3, 0.4) is 0 Å². The molecule has 6 nitrogen and oxygen atoms in total. The number of hydrogen-bond donors (Lipinski definition) is 1. The summed E-state index contributed by atoms with van der Waals surface area (Å²) in [6.45, 7) is 3.90. The van der Waals surface area contributed by atoms with Gasteiger partial charge in [-0.3, -0.25) is 0 Å². The summed E-state index contributed by atoms with van der Waals surface area (Å²) in [5, 5.41) is 9.07. The Kier molecular flexibility index (Phi) is 5.45. The molecule has 0 amide bonds. The van der Waals surface area contributed by atoms with Crippen LogP contribution >= 0.6 is 23.2 Å². The second-order valence-electron chi connectivity index (χ2n) is 6.80. The number of nitrogens with one attached hydrogen (secondary N) is 1. The Morgan fingerprint density at radius 3 is 2.37 bits per heavy atom. The van der Waals surface area contributed by atoms with E-state index in [9.17, 15) is 0 Å². The fraction of sp³-hybridized carbons (Fsp3) is 0.182. The lowest BCUT2D eigenvalue weighted by Crippen LogP contribution is -2.02. The molecular weight excluding hydrogens is 423 g/mol. The average molecular weight is 443 g/mol. The van der Waals surface area contributed by atoms with Gasteiger partial charge in [0.1, 0.15) is 5.82 Å². The van der Waals surface area contributed by atoms with Gasteiger partial charge in [-0.25, -0.2) is 4.98 Å². The minimum Gasteiger partial charge on any atom is -0.493 e. The van der Waals surface area contributed by atoms with Crippen molar-refractivity contribution in [2.45, 2.75) is 13.8 Å². The summed E-state index contributed by atoms with van der Waals surface area (Å²) in [6.07, 6.45) is 0. The van der Waals surface area contributed by atoms with E-state index in [1.165, 1.54) is 0 Å². The summed E-state index contributed by atoms with van der Waals surface area (Å²) in [7, 11) is 3.23. The van der Waals surface area contributed by atoms with Gasteiger partial charge in [-0.2, -0.15) is 9.61 Å². The van der Waals surface area contributed by atoms with Crippen LogP contribution in [0.15, 0.2) is 42.5 Å². The third-order valence-electron chi connectivity index (χ3n) is 4.76. The standard InChI is InChI=1S/C22H20Cl2N4O2/c1-12-9-20(26-15-6-7-16(23)17(24)11-15)28-22(25-12)21(13(2)27-28)14-5-8-18(29-3)19(10-14)30-4/h5-11,26H,1-4H3. The zero-order valence-electron chi connectivity index (χ0n) is 17.0. The molecule has 0 radical (unpaired) electrons. The molecule has 2 aromatic heterocycles. The summed E-state index contributed by atoms with van der Waals surface area (Å²) >= 11 is 12.2. The van der Waals surface area contributed by atoms with E-state index in [1.807, 2.05) is 44.2 Å². The van der Waals surface area contributed by atoms with Gasteiger partial charge >= 0.3 is 0 Å². The van der Waals surface area contributed by atoms with Crippen molar-refractivity contribution in [2.24, 2.45) is 0 Å². The molecule has 4 aromatic rings. The molecule has 0 spiro atoms. The van der Waals surface area contributed by atoms with Crippen LogP contribution in [0.1, 0.15) is 11.4 Å². The average Bonchev–Trinajstić information content (AvgIpc) is 3.06. The maximum absolute atomic E-state index is 6.16. The molecule has 154 valence electrons. The van der Waals surface area contributed by atoms with E-state index in [0.717, 1.165) is 39.7 Å². The molecule has 8 heteroatoms. The lowest BCUT2D eigenvalue weighted by Gasteiger charge is -2.11. The third kappa shape index (κ3) is 3.64. The number of fused-ring (bicyclic) bond motifs is 1. The van der Waals surface area contributed by atoms with E-state index >= 15 is 0 Å². The number of rotatable bonds is 5. The number of ether oxygens (including phenoxy) is 2. The van der Waals surface area contributed by atoms with E-state index in [-0.39, 0.29) is 0 Å². The Hall–Kier alpha value is -2.96. The van der Waals surface area contributed by atoms with Gasteiger partial charge in [0.05, 0.1) is 30.0 Å². The summed E-state index contributed by atoms with van der Waals surface area (Å²) < 4.78 is 12.6. The first-order chi connectivity index (χ1) is 14.4. The number of benzene rings is 2. The van der Waals surface area contributed by atoms with Crippen molar-refractivity contribution in [3.63, 3.8) is 0 Å². The van der Waals surface area contributed by atoms with E-state index in [0.29, 0.717) is 21.5 Å². The van der Waals surface area contributed by atoms with Gasteiger partial charge in [-0.05, 0) is 49.7 Å². The topological polar surface area (TPSA) is 60.7 Å². The number of hydrogen-bond acceptors (Lipinski definition) is 5. The Bertz CT molecular complexity index is 1250. The highest BCUT2D eigenvalue weighted by atomic mass is 35.5. The van der Waals surface area contributed by atoms with Crippen LogP contribution in [-0.2, 0) is 0 Å². The molecule has 1 N–H and O–H groups in total. The molecule has 0 unspecified atom stereocenters. The maximum atomic E-state index is 6.16. The van der Waals surface area contributed by atoms with E-state index in [2.05, 4.69) is 5.32 Å². The van der Waals surface area contributed by atoms with Crippen LogP contribution in [-0.4, -0.2) is 28.8 Å². The minimum absolute atomic E-state index is 0.478. The zero-order chi connectivity index (χ0) is 21.4. The molecular formula is C22H20Cl2N4O2. The zero-order valence-corrected chi connectivity index (χ0v) is 18.5. The fourth-order valence-corrected chi connectivity index (χ4v) is 3.68. The van der Waals surface area contributed by atoms with E-state index < -0.39 is 0 Å². The van der Waals surface area contributed by atoms with Crippen LogP contribution in [0.4, 0.5) is 11.5 Å². The van der Waals surface area contributed by atoms with Crippen molar-refractivity contribution in [2.75, 3.05) is 19.5 Å². The van der Waals surface area contributed by atoms with Crippen molar-refractivity contribution in [1.82, 2.24) is 14.6 Å². The molecule has 0 saturated heterocycles. The first-order valence-electron chi connectivity index (χ1n) is 9.22. The van der Waals surface area contributed by atoms with Gasteiger partial charge in [-0.15, -0.1) is 0 Å². The Morgan fingerprint density at radius 1 is 0.900 bits per heavy atom. The van der Waals surface area contributed by atoms with Crippen LogP contribution in [0.2, 0.25) is 10.0 Å². The van der Waals surface area contributed by atoms with Gasteiger partial charge in [0.15, 0.2) is 17.1 Å². The molecule has 0 saturated carbocycles. The van der Waals surface area contributed by atoms with Gasteiger partial charge in [0.2, 0.25) is 0 Å². The third-order valence-corrected chi connectivity index (χ3v) is 5.50. The van der Waals surface area contributed by atoms with Crippen LogP contribution in [0.25, 0.3) is 16.8 Å². The van der Waals surface area contributed by atoms with Crippen LogP contribution in [0, 0.1) is 13.8 Å². The molecule has 0 aliphatic carbocycles. The van der Waals surface area contributed by atoms with Crippen LogP contribution in [0.5, 0.6) is 11.5 Å². The van der Waals surface area contributed by atoms with Gasteiger partial charge in [-0.1, -0.05) is 29.3 Å². The lowest BCUT2D eigenvalue weighted by molar-refractivity contribution is 0.355. The number of aryl methyl sites for hydroxylation is 2. The highest BCUT2D eigenvalue weighted by molar-refractivity contribution is 6.42. The predicted octanol–water partition coefficient (Wildman–Crippen LogP) is 6.08. The fourth-order valence-electron chi connectivity index (χ4n) is 3.39. The Morgan fingerprint density at radius 2 is 1.67 bits per heavy atom. The Balaban J connectivity index is 1.86. The normalized spacial score (nSPS) is 11.0. The smallest absolute Gasteiger partial charge is 0.165 e. The first kappa shape index (κ1) is 20.3. The minimum atomic E-state index is 0.478. The van der Waals surface area contributed by atoms with Gasteiger partial charge in [0.25, 0.3) is 0 Å². The molecule has 0 aliphatic heterocycles. The summed E-state index contributed by atoms with van der Waals surface area (Å²) in [4.78, 5) is 4.75. The van der Waals surface area contributed by atoms with Crippen molar-refractivity contribution in [3.8, 4) is 22.6 Å². The highest BCUT2D eigenvalue weighted by Gasteiger charge is 2.18. The SMILES string of the molecule is COc1ccc(-c2c(C)nn3c(Nc4ccc(Cl)c(Cl)c4)cc(C)nc23)cc1OC. The summed E-state index contributed by atoms with van der Waals surface area (Å²) in [6, 6.07) is 13.1. The van der Waals surface area contributed by atoms with E-state index in [1.54, 1.807) is 30.9 Å². The second-order valence-corrected chi connectivity index (χ2v) is 7.62. The molecule has 0 fully saturated rings. The van der Waals surface area contributed by atoms with Crippen molar-refractivity contribution in [3.05, 3.63) is 63.9 Å². The molecule has 2 aromatic carbocycles. The van der Waals surface area contributed by atoms with Gasteiger partial charge in [0, 0.05) is 23.0 Å². The van der Waals surface area contributed by atoms with E-state index in [4.69, 9.17) is 42.8 Å². The number of anilines is 2. The second kappa shape index (κ2) is 8.05. The monoisotopic (exact) mass is 442 g/mol. The number of halogens is 2. The van der Waals surface area contributed by atoms with Crippen LogP contribution < -0.4 is 14.8 Å².